The van der Waals surface area contributed by atoms with Gasteiger partial charge in [0.25, 0.3) is 0 Å². The molecule has 6 atom stereocenters. The van der Waals surface area contributed by atoms with Gasteiger partial charge in [0.2, 0.25) is 0 Å². The molecule has 29 heavy (non-hydrogen) atoms. The van der Waals surface area contributed by atoms with Gasteiger partial charge >= 0.3 is 29.6 Å². The molecule has 1 fully saturated rings. The number of carbonyl (C=O) groups excluding carboxylic acids is 1. The van der Waals surface area contributed by atoms with Crippen molar-refractivity contribution >= 4 is 5.97 Å². The van der Waals surface area contributed by atoms with E-state index < -0.39 is 49.4 Å². The van der Waals surface area contributed by atoms with Crippen molar-refractivity contribution in [3.05, 3.63) is 0 Å². The van der Waals surface area contributed by atoms with Crippen molar-refractivity contribution < 1.29 is 69.4 Å². The molecule has 1 aliphatic rings. The van der Waals surface area contributed by atoms with Crippen LogP contribution in [0, 0.1) is 0 Å². The minimum Gasteiger partial charge on any atom is -0.550 e. The molecule has 4 N–H and O–H groups in total. The molecule has 9 heteroatoms. The first-order valence-corrected chi connectivity index (χ1v) is 10.6. The molecule has 0 amide bonds. The number of rotatable bonds is 15. The summed E-state index contributed by atoms with van der Waals surface area (Å²) < 4.78 is 10.9. The maximum atomic E-state index is 11.0. The molecule has 0 aromatic rings. The molecule has 0 spiro atoms. The Hall–Kier alpha value is 0.230. The minimum absolute atomic E-state index is 0. The fourth-order valence-electron chi connectivity index (χ4n) is 3.46. The first-order chi connectivity index (χ1) is 13.4. The van der Waals surface area contributed by atoms with Crippen molar-refractivity contribution in [2.45, 2.75) is 114 Å². The van der Waals surface area contributed by atoms with Crippen molar-refractivity contribution in [2.75, 3.05) is 6.61 Å². The fraction of sp³-hybridized carbons (Fsp3) is 0.950. The van der Waals surface area contributed by atoms with Crippen LogP contribution in [0.5, 0.6) is 0 Å². The van der Waals surface area contributed by atoms with E-state index in [1.807, 2.05) is 0 Å². The summed E-state index contributed by atoms with van der Waals surface area (Å²) in [7, 11) is 0. The van der Waals surface area contributed by atoms with Gasteiger partial charge in [0, 0.05) is 12.4 Å². The van der Waals surface area contributed by atoms with Gasteiger partial charge in [0.1, 0.15) is 24.4 Å². The Balaban J connectivity index is 0.00000784. The van der Waals surface area contributed by atoms with E-state index in [1.165, 1.54) is 32.1 Å². The van der Waals surface area contributed by atoms with E-state index in [0.717, 1.165) is 25.7 Å². The number of aliphatic carboxylic acids is 1. The van der Waals surface area contributed by atoms with Crippen LogP contribution in [0.25, 0.3) is 0 Å². The average molecular weight is 428 g/mol. The van der Waals surface area contributed by atoms with Gasteiger partial charge in [0.15, 0.2) is 6.29 Å². The standard InChI is InChI=1S/C20H38O8.Na/c1-2-3-4-5-6-7-8-9-10-11-14(12-16(22)23)27-20-19(26)18(25)17(24)15(13-21)28-20;/h14-15,17-21,24-26H,2-13H2,1H3,(H,22,23);/q;+1/p-1/t14?,15-,17-,18+,19-,20?;/m1./s1. The third-order valence-corrected chi connectivity index (χ3v) is 5.20. The second-order valence-electron chi connectivity index (χ2n) is 7.65. The predicted octanol–water partition coefficient (Wildman–Crippen LogP) is -2.76. The predicted molar refractivity (Wildman–Crippen MR) is 100 cm³/mol. The number of hydrogen-bond acceptors (Lipinski definition) is 8. The molecule has 0 bridgehead atoms. The molecule has 0 aliphatic carbocycles. The molecular formula is C20H37NaO8. The summed E-state index contributed by atoms with van der Waals surface area (Å²) in [5.74, 6) is -1.27. The molecule has 1 aliphatic heterocycles. The van der Waals surface area contributed by atoms with E-state index >= 15 is 0 Å². The van der Waals surface area contributed by atoms with Gasteiger partial charge < -0.3 is 39.8 Å². The van der Waals surface area contributed by atoms with E-state index in [0.29, 0.717) is 6.42 Å². The fourth-order valence-corrected chi connectivity index (χ4v) is 3.46. The molecule has 0 aromatic carbocycles. The van der Waals surface area contributed by atoms with Gasteiger partial charge in [-0.2, -0.15) is 0 Å². The van der Waals surface area contributed by atoms with Crippen molar-refractivity contribution in [1.29, 1.82) is 0 Å². The monoisotopic (exact) mass is 428 g/mol. The van der Waals surface area contributed by atoms with E-state index in [1.54, 1.807) is 0 Å². The van der Waals surface area contributed by atoms with Crippen molar-refractivity contribution in [3.8, 4) is 0 Å². The molecule has 8 nitrogen and oxygen atoms in total. The molecule has 1 heterocycles. The van der Waals surface area contributed by atoms with Crippen LogP contribution < -0.4 is 34.7 Å². The number of carboxylic acids is 1. The van der Waals surface area contributed by atoms with Gasteiger partial charge in [-0.15, -0.1) is 0 Å². The zero-order valence-corrected chi connectivity index (χ0v) is 19.9. The summed E-state index contributed by atoms with van der Waals surface area (Å²) in [6, 6.07) is 0. The summed E-state index contributed by atoms with van der Waals surface area (Å²) in [5.41, 5.74) is 0. The van der Waals surface area contributed by atoms with Crippen LogP contribution >= 0.6 is 0 Å². The molecule has 2 unspecified atom stereocenters. The zero-order chi connectivity index (χ0) is 20.9. The Labute approximate surface area is 195 Å². The Bertz CT molecular complexity index is 423. The smallest absolute Gasteiger partial charge is 0.550 e. The van der Waals surface area contributed by atoms with E-state index in [4.69, 9.17) is 9.47 Å². The number of carbonyl (C=O) groups is 1. The number of aliphatic hydroxyl groups excluding tert-OH is 4. The Kier molecular flexibility index (Phi) is 17.0. The number of hydrogen-bond donors (Lipinski definition) is 4. The molecule has 1 rings (SSSR count). The van der Waals surface area contributed by atoms with E-state index in [-0.39, 0.29) is 36.0 Å². The summed E-state index contributed by atoms with van der Waals surface area (Å²) in [5, 5.41) is 49.9. The maximum absolute atomic E-state index is 11.0. The first-order valence-electron chi connectivity index (χ1n) is 10.6. The second kappa shape index (κ2) is 16.9. The quantitative estimate of drug-likeness (QED) is 0.162. The topological polar surface area (TPSA) is 140 Å². The second-order valence-corrected chi connectivity index (χ2v) is 7.65. The van der Waals surface area contributed by atoms with Gasteiger partial charge in [-0.3, -0.25) is 0 Å². The molecule has 0 radical (unpaired) electrons. The number of carboxylic acid groups (broad SMARTS) is 1. The van der Waals surface area contributed by atoms with Crippen molar-refractivity contribution in [2.24, 2.45) is 0 Å². The van der Waals surface area contributed by atoms with Gasteiger partial charge in [-0.25, -0.2) is 0 Å². The van der Waals surface area contributed by atoms with Crippen LogP contribution in [0.2, 0.25) is 0 Å². The van der Waals surface area contributed by atoms with E-state index in [2.05, 4.69) is 6.92 Å². The summed E-state index contributed by atoms with van der Waals surface area (Å²) in [6.07, 6.45) is 2.59. The molecule has 0 aromatic heterocycles. The summed E-state index contributed by atoms with van der Waals surface area (Å²) in [4.78, 5) is 11.0. The maximum Gasteiger partial charge on any atom is 1.00 e. The summed E-state index contributed by atoms with van der Waals surface area (Å²) >= 11 is 0. The Morgan fingerprint density at radius 1 is 0.966 bits per heavy atom. The molecule has 1 saturated heterocycles. The minimum atomic E-state index is -1.55. The van der Waals surface area contributed by atoms with Crippen LogP contribution in [-0.2, 0) is 14.3 Å². The average Bonchev–Trinajstić information content (AvgIpc) is 2.66. The largest absolute Gasteiger partial charge is 1.00 e. The molecule has 0 saturated carbocycles. The van der Waals surface area contributed by atoms with Gasteiger partial charge in [-0.05, 0) is 6.42 Å². The Morgan fingerprint density at radius 3 is 2.03 bits per heavy atom. The van der Waals surface area contributed by atoms with Crippen LogP contribution in [0.1, 0.15) is 77.6 Å². The van der Waals surface area contributed by atoms with Gasteiger partial charge in [-0.1, -0.05) is 64.7 Å². The first kappa shape index (κ1) is 29.2. The van der Waals surface area contributed by atoms with Gasteiger partial charge in [0.05, 0.1) is 12.7 Å². The van der Waals surface area contributed by atoms with Crippen molar-refractivity contribution in [3.63, 3.8) is 0 Å². The number of unbranched alkanes of at least 4 members (excludes halogenated alkanes) is 8. The Morgan fingerprint density at radius 2 is 1.52 bits per heavy atom. The normalized spacial score (nSPS) is 28.0. The van der Waals surface area contributed by atoms with Crippen LogP contribution in [0.3, 0.4) is 0 Å². The van der Waals surface area contributed by atoms with Crippen LogP contribution in [0.4, 0.5) is 0 Å². The molecule has 166 valence electrons. The third kappa shape index (κ3) is 11.4. The third-order valence-electron chi connectivity index (χ3n) is 5.20. The van der Waals surface area contributed by atoms with Crippen molar-refractivity contribution in [1.82, 2.24) is 0 Å². The number of ether oxygens (including phenoxy) is 2. The molecular weight excluding hydrogens is 391 g/mol. The van der Waals surface area contributed by atoms with Crippen LogP contribution in [0.15, 0.2) is 0 Å². The van der Waals surface area contributed by atoms with Crippen LogP contribution in [-0.4, -0.2) is 69.8 Å². The summed E-state index contributed by atoms with van der Waals surface area (Å²) in [6.45, 7) is 1.63. The van der Waals surface area contributed by atoms with E-state index in [9.17, 15) is 30.3 Å². The number of aliphatic hydroxyl groups is 4. The SMILES string of the molecule is CCCCCCCCCCCC(CC(=O)[O-])OC1O[C@H](CO)[C@@H](O)[C@H](O)[C@H]1O.[Na+]. The zero-order valence-electron chi connectivity index (χ0n) is 17.9.